The molecule has 0 bridgehead atoms. The Balaban J connectivity index is 1.67. The van der Waals surface area contributed by atoms with Crippen LogP contribution in [0.5, 0.6) is 0 Å². The number of amides is 1. The number of anilines is 3. The second-order valence-corrected chi connectivity index (χ2v) is 5.41. The summed E-state index contributed by atoms with van der Waals surface area (Å²) in [7, 11) is 0. The minimum Gasteiger partial charge on any atom is -0.339 e. The van der Waals surface area contributed by atoms with Crippen molar-refractivity contribution in [2.24, 2.45) is 0 Å². The number of nitrogens with one attached hydrogen (secondary N) is 2. The molecule has 126 valence electrons. The zero-order valence-electron chi connectivity index (χ0n) is 13.7. The van der Waals surface area contributed by atoms with Crippen LogP contribution in [0.25, 0.3) is 0 Å². The number of nitrogens with zero attached hydrogens (tertiary/aromatic N) is 2. The van der Waals surface area contributed by atoms with Gasteiger partial charge in [0.25, 0.3) is 5.91 Å². The van der Waals surface area contributed by atoms with Gasteiger partial charge in [-0.1, -0.05) is 31.2 Å². The molecule has 0 spiro atoms. The summed E-state index contributed by atoms with van der Waals surface area (Å²) in [5.41, 5.74) is 2.34. The SMILES string of the molecule is CCc1ccc(Nc2ccc(C(=O)Nc3ccccc3F)nn2)cc1. The van der Waals surface area contributed by atoms with E-state index in [0.717, 1.165) is 12.1 Å². The molecule has 0 aliphatic heterocycles. The van der Waals surface area contributed by atoms with E-state index in [-0.39, 0.29) is 11.4 Å². The molecule has 0 aliphatic rings. The quantitative estimate of drug-likeness (QED) is 0.734. The van der Waals surface area contributed by atoms with Crippen molar-refractivity contribution in [3.8, 4) is 0 Å². The number of carbonyl (C=O) groups excluding carboxylic acids is 1. The van der Waals surface area contributed by atoms with Crippen molar-refractivity contribution in [3.63, 3.8) is 0 Å². The second kappa shape index (κ2) is 7.53. The Bertz CT molecular complexity index is 863. The summed E-state index contributed by atoms with van der Waals surface area (Å²) in [5.74, 6) is -0.499. The first-order chi connectivity index (χ1) is 12.2. The predicted molar refractivity (Wildman–Crippen MR) is 95.5 cm³/mol. The van der Waals surface area contributed by atoms with Crippen LogP contribution in [0.3, 0.4) is 0 Å². The highest BCUT2D eigenvalue weighted by Crippen LogP contribution is 2.16. The number of carbonyl (C=O) groups is 1. The van der Waals surface area contributed by atoms with E-state index in [1.807, 2.05) is 24.3 Å². The van der Waals surface area contributed by atoms with Gasteiger partial charge >= 0.3 is 0 Å². The van der Waals surface area contributed by atoms with E-state index >= 15 is 0 Å². The molecule has 0 saturated carbocycles. The summed E-state index contributed by atoms with van der Waals surface area (Å²) in [4.78, 5) is 12.1. The van der Waals surface area contributed by atoms with Crippen molar-refractivity contribution in [3.05, 3.63) is 77.7 Å². The fourth-order valence-electron chi connectivity index (χ4n) is 2.24. The zero-order valence-corrected chi connectivity index (χ0v) is 13.7. The zero-order chi connectivity index (χ0) is 17.6. The van der Waals surface area contributed by atoms with Crippen LogP contribution in [0, 0.1) is 5.82 Å². The van der Waals surface area contributed by atoms with E-state index in [1.165, 1.54) is 23.8 Å². The maximum Gasteiger partial charge on any atom is 0.276 e. The van der Waals surface area contributed by atoms with Gasteiger partial charge < -0.3 is 10.6 Å². The van der Waals surface area contributed by atoms with Gasteiger partial charge in [-0.05, 0) is 48.4 Å². The van der Waals surface area contributed by atoms with Gasteiger partial charge in [-0.2, -0.15) is 0 Å². The van der Waals surface area contributed by atoms with Crippen LogP contribution in [0.2, 0.25) is 0 Å². The molecule has 0 saturated heterocycles. The van der Waals surface area contributed by atoms with E-state index in [2.05, 4.69) is 27.8 Å². The highest BCUT2D eigenvalue weighted by atomic mass is 19.1. The summed E-state index contributed by atoms with van der Waals surface area (Å²) in [6.45, 7) is 2.10. The van der Waals surface area contributed by atoms with Gasteiger partial charge in [0.1, 0.15) is 5.82 Å². The van der Waals surface area contributed by atoms with E-state index in [0.29, 0.717) is 5.82 Å². The average Bonchev–Trinajstić information content (AvgIpc) is 2.65. The first kappa shape index (κ1) is 16.6. The molecule has 0 unspecified atom stereocenters. The third kappa shape index (κ3) is 4.17. The first-order valence-corrected chi connectivity index (χ1v) is 7.91. The van der Waals surface area contributed by atoms with Crippen molar-refractivity contribution >= 4 is 23.1 Å². The fourth-order valence-corrected chi connectivity index (χ4v) is 2.24. The summed E-state index contributed by atoms with van der Waals surface area (Å²) in [6, 6.07) is 17.1. The molecule has 2 N–H and O–H groups in total. The Morgan fingerprint density at radius 2 is 1.76 bits per heavy atom. The number of rotatable bonds is 5. The topological polar surface area (TPSA) is 66.9 Å². The van der Waals surface area contributed by atoms with Crippen LogP contribution in [0.15, 0.2) is 60.7 Å². The lowest BCUT2D eigenvalue weighted by Crippen LogP contribution is -2.15. The van der Waals surface area contributed by atoms with Gasteiger partial charge in [0, 0.05) is 5.69 Å². The first-order valence-electron chi connectivity index (χ1n) is 7.91. The standard InChI is InChI=1S/C19H17FN4O/c1-2-13-7-9-14(10-8-13)21-18-12-11-17(23-24-18)19(25)22-16-6-4-3-5-15(16)20/h3-12H,2H2,1H3,(H,21,24)(H,22,25). The molecule has 0 fully saturated rings. The molecule has 0 atom stereocenters. The number of hydrogen-bond donors (Lipinski definition) is 2. The summed E-state index contributed by atoms with van der Waals surface area (Å²) >= 11 is 0. The highest BCUT2D eigenvalue weighted by Gasteiger charge is 2.11. The maximum atomic E-state index is 13.6. The average molecular weight is 336 g/mol. The monoisotopic (exact) mass is 336 g/mol. The molecule has 1 amide bonds. The summed E-state index contributed by atoms with van der Waals surface area (Å²) < 4.78 is 13.6. The van der Waals surface area contributed by atoms with Crippen LogP contribution in [-0.2, 0) is 6.42 Å². The lowest BCUT2D eigenvalue weighted by Gasteiger charge is -2.07. The Morgan fingerprint density at radius 1 is 1.00 bits per heavy atom. The molecule has 25 heavy (non-hydrogen) atoms. The van der Waals surface area contributed by atoms with Crippen molar-refractivity contribution < 1.29 is 9.18 Å². The van der Waals surface area contributed by atoms with Crippen molar-refractivity contribution in [2.45, 2.75) is 13.3 Å². The Hall–Kier alpha value is -3.28. The van der Waals surface area contributed by atoms with Crippen LogP contribution >= 0.6 is 0 Å². The van der Waals surface area contributed by atoms with Gasteiger partial charge in [0.15, 0.2) is 11.5 Å². The Morgan fingerprint density at radius 3 is 2.40 bits per heavy atom. The molecule has 6 heteroatoms. The van der Waals surface area contributed by atoms with Gasteiger partial charge in [-0.3, -0.25) is 4.79 Å². The maximum absolute atomic E-state index is 13.6. The number of benzene rings is 2. The summed E-state index contributed by atoms with van der Waals surface area (Å²) in [5, 5.41) is 13.5. The lowest BCUT2D eigenvalue weighted by molar-refractivity contribution is 0.102. The van der Waals surface area contributed by atoms with Gasteiger partial charge in [-0.25, -0.2) is 4.39 Å². The largest absolute Gasteiger partial charge is 0.339 e. The van der Waals surface area contributed by atoms with Crippen LogP contribution in [0.4, 0.5) is 21.6 Å². The van der Waals surface area contributed by atoms with E-state index in [1.54, 1.807) is 18.2 Å². The molecular formula is C19H17FN4O. The molecule has 1 aromatic heterocycles. The fraction of sp³-hybridized carbons (Fsp3) is 0.105. The van der Waals surface area contributed by atoms with Gasteiger partial charge in [0.2, 0.25) is 0 Å². The molecule has 3 aromatic rings. The van der Waals surface area contributed by atoms with Gasteiger partial charge in [0.05, 0.1) is 5.69 Å². The molecule has 2 aromatic carbocycles. The third-order valence-corrected chi connectivity index (χ3v) is 3.65. The molecule has 3 rings (SSSR count). The minimum atomic E-state index is -0.517. The number of aryl methyl sites for hydroxylation is 1. The van der Waals surface area contributed by atoms with Crippen LogP contribution in [0.1, 0.15) is 23.0 Å². The number of aromatic nitrogens is 2. The number of hydrogen-bond acceptors (Lipinski definition) is 4. The third-order valence-electron chi connectivity index (χ3n) is 3.65. The van der Waals surface area contributed by atoms with Gasteiger partial charge in [-0.15, -0.1) is 10.2 Å². The van der Waals surface area contributed by atoms with Crippen molar-refractivity contribution in [1.82, 2.24) is 10.2 Å². The second-order valence-electron chi connectivity index (χ2n) is 5.41. The van der Waals surface area contributed by atoms with Crippen LogP contribution < -0.4 is 10.6 Å². The normalized spacial score (nSPS) is 10.3. The smallest absolute Gasteiger partial charge is 0.276 e. The number of para-hydroxylation sites is 1. The molecule has 0 radical (unpaired) electrons. The van der Waals surface area contributed by atoms with Crippen molar-refractivity contribution in [1.29, 1.82) is 0 Å². The molecule has 0 aliphatic carbocycles. The highest BCUT2D eigenvalue weighted by molar-refractivity contribution is 6.02. The minimum absolute atomic E-state index is 0.104. The van der Waals surface area contributed by atoms with E-state index in [9.17, 15) is 9.18 Å². The Labute approximate surface area is 144 Å². The summed E-state index contributed by atoms with van der Waals surface area (Å²) in [6.07, 6.45) is 0.978. The Kier molecular flexibility index (Phi) is 4.99. The lowest BCUT2D eigenvalue weighted by atomic mass is 10.1. The van der Waals surface area contributed by atoms with Crippen molar-refractivity contribution in [2.75, 3.05) is 10.6 Å². The molecule has 1 heterocycles. The molecular weight excluding hydrogens is 319 g/mol. The number of halogens is 1. The van der Waals surface area contributed by atoms with E-state index in [4.69, 9.17) is 0 Å². The molecule has 5 nitrogen and oxygen atoms in total. The van der Waals surface area contributed by atoms with E-state index < -0.39 is 11.7 Å². The van der Waals surface area contributed by atoms with Crippen LogP contribution in [-0.4, -0.2) is 16.1 Å². The predicted octanol–water partition coefficient (Wildman–Crippen LogP) is 4.17.